The number of carbonyl (C=O) groups is 2. The number of thiophene rings is 1. The van der Waals surface area contributed by atoms with Crippen LogP contribution in [0.5, 0.6) is 0 Å². The zero-order chi connectivity index (χ0) is 27.6. The molecule has 2 aliphatic rings. The molecule has 3 rings (SSSR count). The molecule has 1 aromatic rings. The average Bonchev–Trinajstić information content (AvgIpc) is 3.31. The normalized spacial score (nSPS) is 23.3. The van der Waals surface area contributed by atoms with Crippen molar-refractivity contribution in [1.82, 2.24) is 9.80 Å². The van der Waals surface area contributed by atoms with Crippen LogP contribution in [0.1, 0.15) is 12.5 Å². The molecule has 0 bridgehead atoms. The molecule has 1 spiro atoms. The number of alkyl halides is 6. The fraction of sp³-hybridized carbons (Fsp3) is 0.714. The molecule has 2 aliphatic heterocycles. The zero-order valence-corrected chi connectivity index (χ0v) is 20.6. The highest BCUT2D eigenvalue weighted by Gasteiger charge is 2.46. The summed E-state index contributed by atoms with van der Waals surface area (Å²) in [5.41, 5.74) is 1.71. The molecule has 0 aromatic carbocycles. The van der Waals surface area contributed by atoms with Crippen molar-refractivity contribution in [3.8, 4) is 0 Å². The summed E-state index contributed by atoms with van der Waals surface area (Å²) in [4.78, 5) is 22.9. The van der Waals surface area contributed by atoms with Crippen LogP contribution in [0.2, 0.25) is 0 Å². The standard InChI is InChI=1S/C17H28N2O2S.2C2HF3O2/c1-15-9-18(4-6-20-2)12-17(15)13-19(5-7-21-14-17)10-16-3-8-22-11-16;2*3-2(4,5)1(6)7/h3,8,11,15H,4-7,9-10,12-14H2,1-2H3;2*(H,6,7)/t15-,17+;;/m1../s1. The minimum atomic E-state index is -5.08. The number of likely N-dealkylation sites (tertiary alicyclic amines) is 1. The third-order valence-corrected chi connectivity index (χ3v) is 6.41. The van der Waals surface area contributed by atoms with E-state index in [1.165, 1.54) is 12.1 Å². The number of hydrogen-bond acceptors (Lipinski definition) is 7. The first-order valence-electron chi connectivity index (χ1n) is 10.7. The van der Waals surface area contributed by atoms with Crippen LogP contribution in [-0.2, 0) is 25.6 Å². The van der Waals surface area contributed by atoms with Crippen LogP contribution in [0, 0.1) is 11.3 Å². The number of methoxy groups -OCH3 is 1. The van der Waals surface area contributed by atoms with Gasteiger partial charge < -0.3 is 24.6 Å². The Morgan fingerprint density at radius 3 is 2.17 bits per heavy atom. The highest BCUT2D eigenvalue weighted by Crippen LogP contribution is 2.38. The van der Waals surface area contributed by atoms with Crippen LogP contribution in [0.15, 0.2) is 16.8 Å². The number of nitrogens with zero attached hydrogens (tertiary/aromatic N) is 2. The van der Waals surface area contributed by atoms with Crippen molar-refractivity contribution in [3.63, 3.8) is 0 Å². The number of carboxylic acid groups (broad SMARTS) is 2. The molecule has 0 aliphatic carbocycles. The van der Waals surface area contributed by atoms with Crippen LogP contribution < -0.4 is 0 Å². The Hall–Kier alpha value is -1.94. The lowest BCUT2D eigenvalue weighted by Crippen LogP contribution is -2.43. The molecule has 2 N–H and O–H groups in total. The number of carboxylic acids is 2. The summed E-state index contributed by atoms with van der Waals surface area (Å²) in [5.74, 6) is -4.84. The summed E-state index contributed by atoms with van der Waals surface area (Å²) < 4.78 is 74.7. The van der Waals surface area contributed by atoms with Crippen molar-refractivity contribution < 1.29 is 55.6 Å². The second kappa shape index (κ2) is 14.1. The highest BCUT2D eigenvalue weighted by atomic mass is 32.1. The van der Waals surface area contributed by atoms with E-state index < -0.39 is 24.3 Å². The molecule has 0 radical (unpaired) electrons. The minimum Gasteiger partial charge on any atom is -0.475 e. The van der Waals surface area contributed by atoms with Crippen molar-refractivity contribution in [1.29, 1.82) is 0 Å². The third-order valence-electron chi connectivity index (χ3n) is 5.68. The van der Waals surface area contributed by atoms with Crippen molar-refractivity contribution in [2.75, 3.05) is 59.7 Å². The molecule has 2 fully saturated rings. The number of aliphatic carboxylic acids is 2. The summed E-state index contributed by atoms with van der Waals surface area (Å²) in [5, 5.41) is 18.7. The second-order valence-electron chi connectivity index (χ2n) is 8.49. The molecule has 1 aromatic heterocycles. The molecule has 3 heterocycles. The Bertz CT molecular complexity index is 784. The monoisotopic (exact) mass is 552 g/mol. The fourth-order valence-electron chi connectivity index (χ4n) is 3.85. The van der Waals surface area contributed by atoms with Crippen LogP contribution in [0.25, 0.3) is 0 Å². The Labute approximate surface area is 208 Å². The van der Waals surface area contributed by atoms with Crippen LogP contribution >= 0.6 is 11.3 Å². The van der Waals surface area contributed by atoms with Gasteiger partial charge in [0.2, 0.25) is 0 Å². The molecule has 2 saturated heterocycles. The minimum absolute atomic E-state index is 0.278. The van der Waals surface area contributed by atoms with Gasteiger partial charge in [0.05, 0.1) is 19.8 Å². The van der Waals surface area contributed by atoms with Crippen molar-refractivity contribution in [2.24, 2.45) is 11.3 Å². The van der Waals surface area contributed by atoms with Gasteiger partial charge in [-0.15, -0.1) is 0 Å². The van der Waals surface area contributed by atoms with E-state index in [0.29, 0.717) is 5.92 Å². The second-order valence-corrected chi connectivity index (χ2v) is 9.27. The molecule has 2 atom stereocenters. The van der Waals surface area contributed by atoms with Crippen LogP contribution in [-0.4, -0.2) is 104 Å². The van der Waals surface area contributed by atoms with E-state index in [1.807, 2.05) is 0 Å². The predicted octanol–water partition coefficient (Wildman–Crippen LogP) is 3.43. The van der Waals surface area contributed by atoms with Crippen LogP contribution in [0.3, 0.4) is 0 Å². The van der Waals surface area contributed by atoms with Gasteiger partial charge in [0.15, 0.2) is 0 Å². The largest absolute Gasteiger partial charge is 0.490 e. The first kappa shape index (κ1) is 32.1. The van der Waals surface area contributed by atoms with Gasteiger partial charge in [0.1, 0.15) is 0 Å². The van der Waals surface area contributed by atoms with Gasteiger partial charge in [-0.1, -0.05) is 6.92 Å². The SMILES string of the molecule is COCCN1C[C@@H](C)[C@@]2(COCCN(Cc3ccsc3)C2)C1.O=C(O)C(F)(F)F.O=C(O)C(F)(F)F. The van der Waals surface area contributed by atoms with E-state index in [4.69, 9.17) is 29.3 Å². The van der Waals surface area contributed by atoms with Crippen LogP contribution in [0.4, 0.5) is 26.3 Å². The topological polar surface area (TPSA) is 99.5 Å². The first-order chi connectivity index (χ1) is 16.6. The number of ether oxygens (including phenoxy) is 2. The predicted molar refractivity (Wildman–Crippen MR) is 118 cm³/mol. The summed E-state index contributed by atoms with van der Waals surface area (Å²) in [6.45, 7) is 11.6. The maximum absolute atomic E-state index is 10.6. The quantitative estimate of drug-likeness (QED) is 0.537. The summed E-state index contributed by atoms with van der Waals surface area (Å²) in [6, 6.07) is 2.24. The van der Waals surface area contributed by atoms with E-state index in [0.717, 1.165) is 52.5 Å². The number of hydrogen-bond donors (Lipinski definition) is 2. The maximum Gasteiger partial charge on any atom is 0.490 e. The number of halogens is 6. The van der Waals surface area contributed by atoms with Crippen molar-refractivity contribution in [3.05, 3.63) is 22.4 Å². The fourth-order valence-corrected chi connectivity index (χ4v) is 4.51. The first-order valence-corrected chi connectivity index (χ1v) is 11.7. The molecule has 15 heteroatoms. The third kappa shape index (κ3) is 11.0. The van der Waals surface area contributed by atoms with Gasteiger partial charge in [-0.2, -0.15) is 37.7 Å². The lowest BCUT2D eigenvalue weighted by molar-refractivity contribution is -0.193. The highest BCUT2D eigenvalue weighted by molar-refractivity contribution is 7.07. The summed E-state index contributed by atoms with van der Waals surface area (Å²) in [7, 11) is 1.78. The Balaban J connectivity index is 0.000000383. The lowest BCUT2D eigenvalue weighted by Gasteiger charge is -2.35. The summed E-state index contributed by atoms with van der Waals surface area (Å²) in [6.07, 6.45) is -10.2. The Morgan fingerprint density at radius 1 is 1.14 bits per heavy atom. The van der Waals surface area contributed by atoms with E-state index in [9.17, 15) is 26.3 Å². The molecule has 8 nitrogen and oxygen atoms in total. The molecule has 0 saturated carbocycles. The molecule has 208 valence electrons. The lowest BCUT2D eigenvalue weighted by atomic mass is 9.79. The molecular formula is C21H30F6N2O6S. The zero-order valence-electron chi connectivity index (χ0n) is 19.8. The molecule has 0 amide bonds. The van der Waals surface area contributed by atoms with Gasteiger partial charge in [0.25, 0.3) is 0 Å². The van der Waals surface area contributed by atoms with Gasteiger partial charge in [-0.25, -0.2) is 9.59 Å². The van der Waals surface area contributed by atoms with Gasteiger partial charge in [0, 0.05) is 51.8 Å². The maximum atomic E-state index is 10.6. The van der Waals surface area contributed by atoms with Gasteiger partial charge in [-0.05, 0) is 28.3 Å². The molecule has 0 unspecified atom stereocenters. The van der Waals surface area contributed by atoms with E-state index in [2.05, 4.69) is 33.6 Å². The average molecular weight is 553 g/mol. The Kier molecular flexibility index (Phi) is 12.6. The number of rotatable bonds is 5. The summed E-state index contributed by atoms with van der Waals surface area (Å²) >= 11 is 1.79. The Morgan fingerprint density at radius 2 is 1.69 bits per heavy atom. The van der Waals surface area contributed by atoms with Crippen molar-refractivity contribution >= 4 is 23.3 Å². The molecule has 36 heavy (non-hydrogen) atoms. The van der Waals surface area contributed by atoms with E-state index in [1.54, 1.807) is 18.4 Å². The van der Waals surface area contributed by atoms with E-state index in [-0.39, 0.29) is 5.41 Å². The van der Waals surface area contributed by atoms with E-state index >= 15 is 0 Å². The van der Waals surface area contributed by atoms with Crippen molar-refractivity contribution in [2.45, 2.75) is 25.8 Å². The van der Waals surface area contributed by atoms with Gasteiger partial charge >= 0.3 is 24.3 Å². The smallest absolute Gasteiger partial charge is 0.475 e. The molecular weight excluding hydrogens is 522 g/mol. The van der Waals surface area contributed by atoms with Gasteiger partial charge in [-0.3, -0.25) is 4.90 Å².